The molecule has 2 aliphatic rings. The fourth-order valence-electron chi connectivity index (χ4n) is 2.98. The van der Waals surface area contributed by atoms with E-state index in [0.717, 1.165) is 12.3 Å². The third-order valence-electron chi connectivity index (χ3n) is 4.11. The average molecular weight is 194 g/mol. The monoisotopic (exact) mass is 194 g/mol. The van der Waals surface area contributed by atoms with Crippen LogP contribution in [0.4, 0.5) is 0 Å². The number of aliphatic hydroxyl groups is 1. The van der Waals surface area contributed by atoms with Crippen molar-refractivity contribution in [3.05, 3.63) is 12.2 Å². The number of aliphatic hydroxyl groups excluding tert-OH is 1. The van der Waals surface area contributed by atoms with Gasteiger partial charge in [-0.2, -0.15) is 0 Å². The molecule has 0 aromatic rings. The molecular formula is C13H22O. The number of hydrogen-bond acceptors (Lipinski definition) is 1. The van der Waals surface area contributed by atoms with Crippen molar-refractivity contribution in [3.63, 3.8) is 0 Å². The highest BCUT2D eigenvalue weighted by molar-refractivity contribution is 5.05. The summed E-state index contributed by atoms with van der Waals surface area (Å²) in [7, 11) is 0. The van der Waals surface area contributed by atoms with Gasteiger partial charge in [0.2, 0.25) is 0 Å². The maximum Gasteiger partial charge on any atom is 0.0634 e. The molecule has 1 nitrogen and oxygen atoms in total. The summed E-state index contributed by atoms with van der Waals surface area (Å²) < 4.78 is 0. The van der Waals surface area contributed by atoms with Crippen molar-refractivity contribution >= 4 is 0 Å². The summed E-state index contributed by atoms with van der Waals surface area (Å²) >= 11 is 0. The van der Waals surface area contributed by atoms with Crippen LogP contribution in [-0.4, -0.2) is 11.2 Å². The highest BCUT2D eigenvalue weighted by Gasteiger charge is 2.40. The highest BCUT2D eigenvalue weighted by Crippen LogP contribution is 2.46. The van der Waals surface area contributed by atoms with Gasteiger partial charge in [0.05, 0.1) is 6.10 Å². The molecule has 0 unspecified atom stereocenters. The maximum atomic E-state index is 10.0. The van der Waals surface area contributed by atoms with Gasteiger partial charge in [-0.1, -0.05) is 32.9 Å². The fourth-order valence-corrected chi connectivity index (χ4v) is 2.98. The van der Waals surface area contributed by atoms with Crippen molar-refractivity contribution in [2.24, 2.45) is 23.2 Å². The van der Waals surface area contributed by atoms with Crippen molar-refractivity contribution in [1.82, 2.24) is 0 Å². The van der Waals surface area contributed by atoms with Gasteiger partial charge in [0, 0.05) is 5.92 Å². The Bertz CT molecular complexity index is 236. The van der Waals surface area contributed by atoms with Crippen LogP contribution >= 0.6 is 0 Å². The van der Waals surface area contributed by atoms with Crippen LogP contribution < -0.4 is 0 Å². The minimum Gasteiger partial charge on any atom is -0.392 e. The Morgan fingerprint density at radius 3 is 2.50 bits per heavy atom. The summed E-state index contributed by atoms with van der Waals surface area (Å²) in [6.07, 6.45) is 7.92. The first-order chi connectivity index (χ1) is 6.48. The lowest BCUT2D eigenvalue weighted by Crippen LogP contribution is -2.41. The highest BCUT2D eigenvalue weighted by atomic mass is 16.3. The lowest BCUT2D eigenvalue weighted by atomic mass is 9.62. The zero-order chi connectivity index (χ0) is 10.3. The van der Waals surface area contributed by atoms with Crippen molar-refractivity contribution in [2.45, 2.75) is 46.1 Å². The zero-order valence-electron chi connectivity index (χ0n) is 9.53. The fraction of sp³-hybridized carbons (Fsp3) is 0.846. The maximum absolute atomic E-state index is 10.0. The van der Waals surface area contributed by atoms with Gasteiger partial charge in [-0.25, -0.2) is 0 Å². The van der Waals surface area contributed by atoms with Gasteiger partial charge in [-0.05, 0) is 36.5 Å². The summed E-state index contributed by atoms with van der Waals surface area (Å²) in [5.41, 5.74) is 0.405. The Labute approximate surface area is 87.2 Å². The van der Waals surface area contributed by atoms with Crippen LogP contribution in [0.25, 0.3) is 0 Å². The molecule has 0 aromatic heterocycles. The summed E-state index contributed by atoms with van der Waals surface area (Å²) in [6, 6.07) is 0. The van der Waals surface area contributed by atoms with E-state index >= 15 is 0 Å². The van der Waals surface area contributed by atoms with E-state index in [2.05, 4.69) is 32.9 Å². The molecular weight excluding hydrogens is 172 g/mol. The number of hydrogen-bond donors (Lipinski definition) is 1. The van der Waals surface area contributed by atoms with E-state index < -0.39 is 0 Å². The lowest BCUT2D eigenvalue weighted by Gasteiger charge is -2.45. The molecule has 0 aliphatic heterocycles. The molecule has 0 spiro atoms. The number of allylic oxidation sites excluding steroid dienone is 1. The van der Waals surface area contributed by atoms with Crippen LogP contribution in [0.2, 0.25) is 0 Å². The van der Waals surface area contributed by atoms with E-state index in [1.165, 1.54) is 12.8 Å². The second-order valence-electron chi connectivity index (χ2n) is 6.11. The summed E-state index contributed by atoms with van der Waals surface area (Å²) in [6.45, 7) is 6.98. The quantitative estimate of drug-likeness (QED) is 0.588. The van der Waals surface area contributed by atoms with Crippen molar-refractivity contribution in [2.75, 3.05) is 0 Å². The molecule has 1 heteroatoms. The van der Waals surface area contributed by atoms with Crippen LogP contribution in [0, 0.1) is 23.2 Å². The van der Waals surface area contributed by atoms with E-state index in [-0.39, 0.29) is 6.10 Å². The summed E-state index contributed by atoms with van der Waals surface area (Å²) in [5, 5.41) is 10.0. The molecule has 4 atom stereocenters. The molecule has 2 bridgehead atoms. The molecule has 1 saturated carbocycles. The predicted octanol–water partition coefficient (Wildman–Crippen LogP) is 3.00. The van der Waals surface area contributed by atoms with E-state index in [4.69, 9.17) is 0 Å². The molecule has 2 aliphatic carbocycles. The van der Waals surface area contributed by atoms with Gasteiger partial charge in [0.15, 0.2) is 0 Å². The van der Waals surface area contributed by atoms with Crippen LogP contribution in [-0.2, 0) is 0 Å². The van der Waals surface area contributed by atoms with Crippen LogP contribution in [0.1, 0.15) is 40.0 Å². The van der Waals surface area contributed by atoms with Gasteiger partial charge in [-0.3, -0.25) is 0 Å². The third kappa shape index (κ3) is 1.75. The molecule has 0 amide bonds. The second-order valence-corrected chi connectivity index (χ2v) is 6.11. The van der Waals surface area contributed by atoms with Crippen LogP contribution in [0.5, 0.6) is 0 Å². The largest absolute Gasteiger partial charge is 0.392 e. The van der Waals surface area contributed by atoms with Gasteiger partial charge in [-0.15, -0.1) is 0 Å². The number of fused-ring (bicyclic) bond motifs is 2. The molecule has 0 saturated heterocycles. The van der Waals surface area contributed by atoms with E-state index in [1.807, 2.05) is 0 Å². The number of rotatable bonds is 0. The molecule has 14 heavy (non-hydrogen) atoms. The van der Waals surface area contributed by atoms with E-state index in [9.17, 15) is 5.11 Å². The smallest absolute Gasteiger partial charge is 0.0634 e. The SMILES string of the molecule is CC(C)(C)[C@H]1C[C@@H]2CC=C[C@H](C1)[C@H]2O. The van der Waals surface area contributed by atoms with Crippen molar-refractivity contribution in [3.8, 4) is 0 Å². The Kier molecular flexibility index (Phi) is 2.46. The summed E-state index contributed by atoms with van der Waals surface area (Å²) in [4.78, 5) is 0. The van der Waals surface area contributed by atoms with Gasteiger partial charge >= 0.3 is 0 Å². The first kappa shape index (κ1) is 10.2. The summed E-state index contributed by atoms with van der Waals surface area (Å²) in [5.74, 6) is 1.75. The Hall–Kier alpha value is -0.300. The Morgan fingerprint density at radius 1 is 1.21 bits per heavy atom. The predicted molar refractivity (Wildman–Crippen MR) is 58.9 cm³/mol. The standard InChI is InChI=1S/C13H22O/c1-13(2,3)11-7-9-5-4-6-10(8-11)12(9)14/h4-5,9-12,14H,6-8H2,1-3H3/t9-,10+,11-,12-/m1/s1. The van der Waals surface area contributed by atoms with E-state index in [1.54, 1.807) is 0 Å². The topological polar surface area (TPSA) is 20.2 Å². The Balaban J connectivity index is 2.13. The minimum atomic E-state index is -0.0569. The normalized spacial score (nSPS) is 42.6. The second kappa shape index (κ2) is 3.37. The molecule has 80 valence electrons. The molecule has 1 fully saturated rings. The minimum absolute atomic E-state index is 0.0569. The third-order valence-corrected chi connectivity index (χ3v) is 4.11. The van der Waals surface area contributed by atoms with Gasteiger partial charge in [0.25, 0.3) is 0 Å². The zero-order valence-corrected chi connectivity index (χ0v) is 9.53. The molecule has 0 aromatic carbocycles. The van der Waals surface area contributed by atoms with Crippen molar-refractivity contribution < 1.29 is 5.11 Å². The lowest BCUT2D eigenvalue weighted by molar-refractivity contribution is -0.0153. The molecule has 0 heterocycles. The van der Waals surface area contributed by atoms with E-state index in [0.29, 0.717) is 17.3 Å². The molecule has 1 N–H and O–H groups in total. The Morgan fingerprint density at radius 2 is 1.93 bits per heavy atom. The molecule has 0 radical (unpaired) electrons. The first-order valence-electron chi connectivity index (χ1n) is 5.83. The van der Waals surface area contributed by atoms with Crippen LogP contribution in [0.15, 0.2) is 12.2 Å². The van der Waals surface area contributed by atoms with Crippen LogP contribution in [0.3, 0.4) is 0 Å². The molecule has 2 rings (SSSR count). The first-order valence-corrected chi connectivity index (χ1v) is 5.83. The average Bonchev–Trinajstić information content (AvgIpc) is 2.00. The van der Waals surface area contributed by atoms with Crippen molar-refractivity contribution in [1.29, 1.82) is 0 Å². The van der Waals surface area contributed by atoms with Gasteiger partial charge in [0.1, 0.15) is 0 Å². The van der Waals surface area contributed by atoms with Gasteiger partial charge < -0.3 is 5.11 Å².